The van der Waals surface area contributed by atoms with Gasteiger partial charge in [0.1, 0.15) is 5.65 Å². The van der Waals surface area contributed by atoms with E-state index >= 15 is 0 Å². The van der Waals surface area contributed by atoms with Gasteiger partial charge in [-0.05, 0) is 29.8 Å². The number of carbonyl (C=O) groups excluding carboxylic acids is 1. The van der Waals surface area contributed by atoms with Crippen molar-refractivity contribution in [1.82, 2.24) is 14.9 Å². The number of aromatic nitrogens is 2. The average molecular weight is 419 g/mol. The highest BCUT2D eigenvalue weighted by Crippen LogP contribution is 2.34. The zero-order chi connectivity index (χ0) is 20.7. The second-order valence-corrected chi connectivity index (χ2v) is 8.08. The van der Waals surface area contributed by atoms with Gasteiger partial charge < -0.3 is 19.7 Å². The van der Waals surface area contributed by atoms with E-state index in [1.165, 1.54) is 0 Å². The van der Waals surface area contributed by atoms with Gasteiger partial charge in [-0.3, -0.25) is 4.79 Å². The van der Waals surface area contributed by atoms with Gasteiger partial charge in [-0.15, -0.1) is 11.8 Å². The van der Waals surface area contributed by atoms with Gasteiger partial charge in [-0.2, -0.15) is 0 Å². The first-order chi connectivity index (χ1) is 14.6. The number of hydrogen-bond acceptors (Lipinski definition) is 6. The number of nitrogens with zero attached hydrogens (tertiary/aromatic N) is 2. The van der Waals surface area contributed by atoms with Crippen LogP contribution in [0, 0.1) is 0 Å². The van der Waals surface area contributed by atoms with Gasteiger partial charge in [0.05, 0.1) is 0 Å². The number of ketones is 1. The molecule has 0 amide bonds. The van der Waals surface area contributed by atoms with Crippen molar-refractivity contribution < 1.29 is 19.4 Å². The Hall–Kier alpha value is -3.52. The fraction of sp³-hybridized carbons (Fsp3) is 0.136. The molecule has 7 nitrogen and oxygen atoms in total. The number of thioether (sulfide) groups is 1. The van der Waals surface area contributed by atoms with Crippen molar-refractivity contribution in [2.45, 2.75) is 11.4 Å². The zero-order valence-corrected chi connectivity index (χ0v) is 16.6. The number of carboxylic acids is 1. The Morgan fingerprint density at radius 1 is 1.27 bits per heavy atom. The number of carboxylic acid groups (broad SMARTS) is 1. The summed E-state index contributed by atoms with van der Waals surface area (Å²) in [6.45, 7) is 1.05. The Labute approximate surface area is 176 Å². The summed E-state index contributed by atoms with van der Waals surface area (Å²) in [4.78, 5) is 35.1. The molecule has 0 radical (unpaired) electrons. The maximum absolute atomic E-state index is 12.9. The molecule has 8 heteroatoms. The molecular weight excluding hydrogens is 402 g/mol. The molecule has 5 rings (SSSR count). The van der Waals surface area contributed by atoms with Crippen LogP contribution in [0.4, 0.5) is 0 Å². The Morgan fingerprint density at radius 2 is 2.13 bits per heavy atom. The van der Waals surface area contributed by atoms with Gasteiger partial charge in [0.2, 0.25) is 11.7 Å². The molecule has 0 unspecified atom stereocenters. The van der Waals surface area contributed by atoms with Crippen LogP contribution in [0.1, 0.15) is 11.1 Å². The normalized spacial score (nSPS) is 17.9. The van der Waals surface area contributed by atoms with E-state index in [-0.39, 0.29) is 17.2 Å². The van der Waals surface area contributed by atoms with Crippen molar-refractivity contribution >= 4 is 40.6 Å². The van der Waals surface area contributed by atoms with Crippen LogP contribution in [-0.4, -0.2) is 44.0 Å². The lowest BCUT2D eigenvalue weighted by molar-refractivity contribution is -0.134. The number of aliphatic carboxylic acids is 1. The predicted octanol–water partition coefficient (Wildman–Crippen LogP) is 3.41. The maximum atomic E-state index is 12.9. The summed E-state index contributed by atoms with van der Waals surface area (Å²) in [5, 5.41) is 10.6. The van der Waals surface area contributed by atoms with Crippen molar-refractivity contribution in [3.63, 3.8) is 0 Å². The van der Waals surface area contributed by atoms with Crippen LogP contribution in [-0.2, 0) is 20.9 Å². The number of benzene rings is 1. The number of fused-ring (bicyclic) bond motifs is 2. The van der Waals surface area contributed by atoms with E-state index in [0.29, 0.717) is 24.3 Å². The van der Waals surface area contributed by atoms with Crippen LogP contribution in [0.5, 0.6) is 0 Å². The molecule has 2 N–H and O–H groups in total. The highest BCUT2D eigenvalue weighted by atomic mass is 32.2. The van der Waals surface area contributed by atoms with Crippen LogP contribution in [0.25, 0.3) is 17.1 Å². The van der Waals surface area contributed by atoms with Gasteiger partial charge >= 0.3 is 5.97 Å². The van der Waals surface area contributed by atoms with E-state index < -0.39 is 11.8 Å². The van der Waals surface area contributed by atoms with Crippen molar-refractivity contribution in [2.24, 2.45) is 0 Å². The Balaban J connectivity index is 1.52. The number of Topliss-reactive ketones (excluding diaryl/α,β-unsaturated/α-hetero) is 1. The lowest BCUT2D eigenvalue weighted by Crippen LogP contribution is -2.26. The van der Waals surface area contributed by atoms with Crippen molar-refractivity contribution in [3.05, 3.63) is 77.1 Å². The average Bonchev–Trinajstić information content (AvgIpc) is 3.21. The molecule has 4 heterocycles. The van der Waals surface area contributed by atoms with Gasteiger partial charge in [-0.25, -0.2) is 9.78 Å². The van der Waals surface area contributed by atoms with E-state index in [1.807, 2.05) is 35.2 Å². The summed E-state index contributed by atoms with van der Waals surface area (Å²) < 4.78 is 5.87. The first-order valence-corrected chi connectivity index (χ1v) is 10.4. The van der Waals surface area contributed by atoms with Crippen molar-refractivity contribution in [1.29, 1.82) is 0 Å². The molecule has 0 fully saturated rings. The first-order valence-electron chi connectivity index (χ1n) is 9.41. The molecule has 2 aromatic heterocycles. The summed E-state index contributed by atoms with van der Waals surface area (Å²) in [5.41, 5.74) is 2.14. The Bertz CT molecular complexity index is 1240. The maximum Gasteiger partial charge on any atom is 0.345 e. The summed E-state index contributed by atoms with van der Waals surface area (Å²) >= 11 is 1.71. The number of allylic oxidation sites excluding steroid dienone is 1. The topological polar surface area (TPSA) is 95.5 Å². The van der Waals surface area contributed by atoms with E-state index in [1.54, 1.807) is 36.3 Å². The third-order valence-electron chi connectivity index (χ3n) is 5.09. The molecule has 0 aliphatic carbocycles. The van der Waals surface area contributed by atoms with Crippen LogP contribution >= 0.6 is 11.8 Å². The number of hydrogen-bond donors (Lipinski definition) is 2. The molecule has 0 bridgehead atoms. The third-order valence-corrected chi connectivity index (χ3v) is 6.19. The summed E-state index contributed by atoms with van der Waals surface area (Å²) in [7, 11) is 0. The Morgan fingerprint density at radius 3 is 3.00 bits per heavy atom. The van der Waals surface area contributed by atoms with E-state index in [4.69, 9.17) is 4.74 Å². The lowest BCUT2D eigenvalue weighted by Gasteiger charge is -2.23. The molecule has 0 atom stereocenters. The van der Waals surface area contributed by atoms with Crippen LogP contribution in [0.2, 0.25) is 0 Å². The van der Waals surface area contributed by atoms with E-state index in [2.05, 4.69) is 9.97 Å². The SMILES string of the molecule is O=C(O)C1=C(N2CCSc3ccccc3C2)O/C(=C\c2c[nH]c3ncccc23)C1=O. The molecule has 3 aromatic rings. The standard InChI is InChI=1S/C22H17N3O4S/c26-19-16(10-14-11-24-20-15(14)5-3-7-23-20)29-21(18(19)22(27)28)25-8-9-30-17-6-2-1-4-13(17)12-25/h1-7,10-11H,8-9,12H2,(H,23,24)(H,27,28)/b16-10-. The monoisotopic (exact) mass is 419 g/mol. The molecule has 0 saturated carbocycles. The van der Waals surface area contributed by atoms with Gasteiger partial charge in [0, 0.05) is 47.1 Å². The number of rotatable bonds is 3. The van der Waals surface area contributed by atoms with Gasteiger partial charge in [0.25, 0.3) is 0 Å². The molecule has 2 aliphatic heterocycles. The summed E-state index contributed by atoms with van der Waals surface area (Å²) in [6.07, 6.45) is 4.96. The number of carbonyl (C=O) groups is 2. The first kappa shape index (κ1) is 18.5. The molecule has 0 spiro atoms. The van der Waals surface area contributed by atoms with Crippen molar-refractivity contribution in [2.75, 3.05) is 12.3 Å². The minimum Gasteiger partial charge on any atom is -0.477 e. The van der Waals surface area contributed by atoms with Crippen LogP contribution in [0.15, 0.2) is 70.9 Å². The van der Waals surface area contributed by atoms with Crippen LogP contribution < -0.4 is 0 Å². The zero-order valence-electron chi connectivity index (χ0n) is 15.8. The summed E-state index contributed by atoms with van der Waals surface area (Å²) in [5.74, 6) is -1.05. The highest BCUT2D eigenvalue weighted by molar-refractivity contribution is 7.99. The fourth-order valence-corrected chi connectivity index (χ4v) is 4.69. The molecule has 150 valence electrons. The molecule has 30 heavy (non-hydrogen) atoms. The van der Waals surface area contributed by atoms with E-state index in [0.717, 1.165) is 21.6 Å². The third kappa shape index (κ3) is 3.15. The van der Waals surface area contributed by atoms with Gasteiger partial charge in [-0.1, -0.05) is 18.2 Å². The predicted molar refractivity (Wildman–Crippen MR) is 112 cm³/mol. The number of nitrogens with one attached hydrogen (secondary N) is 1. The lowest BCUT2D eigenvalue weighted by atomic mass is 10.1. The minimum atomic E-state index is -1.29. The van der Waals surface area contributed by atoms with E-state index in [9.17, 15) is 14.7 Å². The number of pyridine rings is 1. The Kier molecular flexibility index (Phi) is 4.55. The number of H-pyrrole nitrogens is 1. The molecule has 1 aromatic carbocycles. The smallest absolute Gasteiger partial charge is 0.345 e. The quantitative estimate of drug-likeness (QED) is 0.496. The minimum absolute atomic E-state index is 0.00246. The second-order valence-electron chi connectivity index (χ2n) is 6.95. The van der Waals surface area contributed by atoms with Crippen LogP contribution in [0.3, 0.4) is 0 Å². The fourth-order valence-electron chi connectivity index (χ4n) is 3.66. The summed E-state index contributed by atoms with van der Waals surface area (Å²) in [6, 6.07) is 11.7. The highest BCUT2D eigenvalue weighted by Gasteiger charge is 2.39. The number of ether oxygens (including phenoxy) is 1. The second kappa shape index (κ2) is 7.38. The molecule has 0 saturated heterocycles. The van der Waals surface area contributed by atoms with Gasteiger partial charge in [0.15, 0.2) is 11.3 Å². The molecular formula is C22H17N3O4S. The number of aromatic amines is 1. The largest absolute Gasteiger partial charge is 0.477 e. The van der Waals surface area contributed by atoms with Crippen molar-refractivity contribution in [3.8, 4) is 0 Å². The molecule has 2 aliphatic rings.